The second kappa shape index (κ2) is 4.30. The lowest BCUT2D eigenvalue weighted by molar-refractivity contribution is -0.0893. The molecular weight excluding hydrogens is 238 g/mol. The molecule has 4 heteroatoms. The highest BCUT2D eigenvalue weighted by atomic mass is 16.3. The lowest BCUT2D eigenvalue weighted by atomic mass is 9.50. The van der Waals surface area contributed by atoms with Gasteiger partial charge in [0.05, 0.1) is 6.10 Å². The molecule has 4 aliphatic carbocycles. The summed E-state index contributed by atoms with van der Waals surface area (Å²) >= 11 is 0. The van der Waals surface area contributed by atoms with E-state index in [1.54, 1.807) is 11.0 Å². The fourth-order valence-corrected chi connectivity index (χ4v) is 5.42. The molecule has 4 saturated carbocycles. The molecule has 0 saturated heterocycles. The summed E-state index contributed by atoms with van der Waals surface area (Å²) in [4.78, 5) is 4.26. The van der Waals surface area contributed by atoms with E-state index in [0.29, 0.717) is 12.3 Å². The van der Waals surface area contributed by atoms with Gasteiger partial charge in [0.2, 0.25) is 0 Å². The maximum atomic E-state index is 10.7. The molecular formula is C15H23N3O. The minimum atomic E-state index is -0.224. The van der Waals surface area contributed by atoms with Gasteiger partial charge in [0.1, 0.15) is 12.2 Å². The van der Waals surface area contributed by atoms with E-state index < -0.39 is 0 Å². The lowest BCUT2D eigenvalue weighted by Crippen LogP contribution is -2.49. The maximum absolute atomic E-state index is 10.7. The molecule has 1 atom stereocenters. The molecule has 4 aliphatic rings. The smallest absolute Gasteiger partial charge is 0.138 e. The summed E-state index contributed by atoms with van der Waals surface area (Å²) in [6.45, 7) is 0. The zero-order valence-corrected chi connectivity index (χ0v) is 11.6. The molecule has 1 N–H and O–H groups in total. The van der Waals surface area contributed by atoms with Crippen LogP contribution in [0, 0.1) is 29.6 Å². The quantitative estimate of drug-likeness (QED) is 0.902. The van der Waals surface area contributed by atoms with Gasteiger partial charge < -0.3 is 5.11 Å². The van der Waals surface area contributed by atoms with Gasteiger partial charge in [0.15, 0.2) is 0 Å². The van der Waals surface area contributed by atoms with Crippen molar-refractivity contribution in [2.24, 2.45) is 36.6 Å². The van der Waals surface area contributed by atoms with Crippen molar-refractivity contribution in [3.8, 4) is 0 Å². The van der Waals surface area contributed by atoms with Crippen molar-refractivity contribution in [2.45, 2.75) is 44.6 Å². The minimum absolute atomic E-state index is 0.224. The fourth-order valence-electron chi connectivity index (χ4n) is 5.42. The van der Waals surface area contributed by atoms with Gasteiger partial charge in [-0.05, 0) is 61.7 Å². The number of nitrogens with zero attached hydrogens (tertiary/aromatic N) is 3. The molecule has 4 fully saturated rings. The van der Waals surface area contributed by atoms with Crippen molar-refractivity contribution in [1.29, 1.82) is 0 Å². The maximum Gasteiger partial charge on any atom is 0.138 e. The average molecular weight is 261 g/mol. The third kappa shape index (κ3) is 1.92. The summed E-state index contributed by atoms with van der Waals surface area (Å²) in [5.74, 6) is 4.94. The molecule has 0 spiro atoms. The molecule has 1 aromatic heterocycles. The molecule has 0 aliphatic heterocycles. The summed E-state index contributed by atoms with van der Waals surface area (Å²) in [5.41, 5.74) is 0. The molecule has 19 heavy (non-hydrogen) atoms. The first kappa shape index (κ1) is 11.9. The highest BCUT2D eigenvalue weighted by Crippen LogP contribution is 2.57. The Bertz CT molecular complexity index is 442. The van der Waals surface area contributed by atoms with Crippen LogP contribution in [-0.2, 0) is 13.5 Å². The lowest BCUT2D eigenvalue weighted by Gasteiger charge is -2.55. The molecule has 4 nitrogen and oxygen atoms in total. The van der Waals surface area contributed by atoms with Crippen LogP contribution in [0.25, 0.3) is 0 Å². The van der Waals surface area contributed by atoms with E-state index in [1.807, 2.05) is 7.05 Å². The Morgan fingerprint density at radius 2 is 1.84 bits per heavy atom. The van der Waals surface area contributed by atoms with E-state index in [4.69, 9.17) is 0 Å². The van der Waals surface area contributed by atoms with Crippen molar-refractivity contribution >= 4 is 0 Å². The summed E-state index contributed by atoms with van der Waals surface area (Å²) < 4.78 is 1.79. The van der Waals surface area contributed by atoms with E-state index in [-0.39, 0.29) is 6.10 Å². The summed E-state index contributed by atoms with van der Waals surface area (Å²) in [7, 11) is 1.91. The van der Waals surface area contributed by atoms with E-state index in [9.17, 15) is 5.11 Å². The highest BCUT2D eigenvalue weighted by Gasteiger charge is 2.50. The van der Waals surface area contributed by atoms with Gasteiger partial charge in [-0.1, -0.05) is 0 Å². The predicted molar refractivity (Wildman–Crippen MR) is 71.2 cm³/mol. The Labute approximate surface area is 114 Å². The molecule has 0 radical (unpaired) electrons. The van der Waals surface area contributed by atoms with Gasteiger partial charge in [-0.25, -0.2) is 4.98 Å². The van der Waals surface area contributed by atoms with Crippen molar-refractivity contribution in [3.63, 3.8) is 0 Å². The predicted octanol–water partition coefficient (Wildman–Crippen LogP) is 1.79. The van der Waals surface area contributed by atoms with E-state index in [1.165, 1.54) is 32.1 Å². The Kier molecular flexibility index (Phi) is 2.69. The first-order valence-electron chi connectivity index (χ1n) is 7.71. The van der Waals surface area contributed by atoms with Crippen LogP contribution in [-0.4, -0.2) is 26.0 Å². The van der Waals surface area contributed by atoms with Crippen LogP contribution < -0.4 is 0 Å². The molecule has 5 rings (SSSR count). The van der Waals surface area contributed by atoms with Gasteiger partial charge in [-0.15, -0.1) is 0 Å². The Morgan fingerprint density at radius 1 is 1.21 bits per heavy atom. The first-order chi connectivity index (χ1) is 9.20. The van der Waals surface area contributed by atoms with Crippen molar-refractivity contribution in [1.82, 2.24) is 14.8 Å². The molecule has 1 aromatic rings. The van der Waals surface area contributed by atoms with Gasteiger partial charge in [-0.2, -0.15) is 5.10 Å². The van der Waals surface area contributed by atoms with E-state index >= 15 is 0 Å². The zero-order valence-electron chi connectivity index (χ0n) is 11.6. The van der Waals surface area contributed by atoms with Crippen molar-refractivity contribution in [2.75, 3.05) is 0 Å². The molecule has 1 heterocycles. The molecule has 0 amide bonds. The van der Waals surface area contributed by atoms with Crippen LogP contribution in [0.3, 0.4) is 0 Å². The second-order valence-electron chi connectivity index (χ2n) is 7.08. The summed E-state index contributed by atoms with van der Waals surface area (Å²) in [6, 6.07) is 0. The number of hydrogen-bond acceptors (Lipinski definition) is 3. The number of rotatable bonds is 3. The molecule has 1 unspecified atom stereocenters. The topological polar surface area (TPSA) is 50.9 Å². The summed E-state index contributed by atoms with van der Waals surface area (Å²) in [6.07, 6.45) is 8.97. The molecule has 4 bridgehead atoms. The van der Waals surface area contributed by atoms with Crippen LogP contribution in [0.5, 0.6) is 0 Å². The van der Waals surface area contributed by atoms with Gasteiger partial charge in [0, 0.05) is 13.5 Å². The minimum Gasteiger partial charge on any atom is -0.392 e. The third-order valence-corrected chi connectivity index (χ3v) is 5.94. The number of aromatic nitrogens is 3. The normalized spacial score (nSPS) is 41.7. The zero-order chi connectivity index (χ0) is 13.0. The Hall–Kier alpha value is -0.900. The third-order valence-electron chi connectivity index (χ3n) is 5.94. The second-order valence-corrected chi connectivity index (χ2v) is 7.08. The van der Waals surface area contributed by atoms with Gasteiger partial charge in [0.25, 0.3) is 0 Å². The molecule has 0 aromatic carbocycles. The average Bonchev–Trinajstić information content (AvgIpc) is 2.73. The van der Waals surface area contributed by atoms with Gasteiger partial charge in [-0.3, -0.25) is 4.68 Å². The van der Waals surface area contributed by atoms with Crippen molar-refractivity contribution in [3.05, 3.63) is 12.2 Å². The largest absolute Gasteiger partial charge is 0.392 e. The van der Waals surface area contributed by atoms with Crippen LogP contribution in [0.1, 0.15) is 37.9 Å². The SMILES string of the molecule is Cn1ncnc1CC(O)C1C2CC3CC(C2)CC1C3. The Morgan fingerprint density at radius 3 is 2.37 bits per heavy atom. The monoisotopic (exact) mass is 261 g/mol. The van der Waals surface area contributed by atoms with Crippen molar-refractivity contribution < 1.29 is 5.11 Å². The van der Waals surface area contributed by atoms with Crippen LogP contribution >= 0.6 is 0 Å². The number of hydrogen-bond donors (Lipinski definition) is 1. The van der Waals surface area contributed by atoms with E-state index in [0.717, 1.165) is 29.5 Å². The number of aliphatic hydroxyl groups excluding tert-OH is 1. The molecule has 104 valence electrons. The van der Waals surface area contributed by atoms with Crippen LogP contribution in [0.2, 0.25) is 0 Å². The highest BCUT2D eigenvalue weighted by molar-refractivity contribution is 5.02. The summed E-state index contributed by atoms with van der Waals surface area (Å²) in [5, 5.41) is 14.8. The van der Waals surface area contributed by atoms with E-state index in [2.05, 4.69) is 10.1 Å². The standard InChI is InChI=1S/C15H23N3O/c1-18-14(16-8-17-18)7-13(19)15-11-3-9-2-10(5-11)6-12(15)4-9/h8-13,15,19H,2-7H2,1H3. The number of aliphatic hydroxyl groups is 1. The Balaban J connectivity index is 1.51. The van der Waals surface area contributed by atoms with Crippen LogP contribution in [0.4, 0.5) is 0 Å². The number of aryl methyl sites for hydroxylation is 1. The first-order valence-corrected chi connectivity index (χ1v) is 7.71. The van der Waals surface area contributed by atoms with Crippen LogP contribution in [0.15, 0.2) is 6.33 Å². The fraction of sp³-hybridized carbons (Fsp3) is 0.867. The van der Waals surface area contributed by atoms with Gasteiger partial charge >= 0.3 is 0 Å².